The summed E-state index contributed by atoms with van der Waals surface area (Å²) < 4.78 is 1.59. The Balaban J connectivity index is 0.00000242. The van der Waals surface area contributed by atoms with Gasteiger partial charge in [0.25, 0.3) is 5.91 Å². The van der Waals surface area contributed by atoms with Crippen molar-refractivity contribution in [3.05, 3.63) is 58.0 Å². The summed E-state index contributed by atoms with van der Waals surface area (Å²) in [6.07, 6.45) is 0. The molecule has 0 atom stereocenters. The lowest BCUT2D eigenvalue weighted by Gasteiger charge is -2.11. The molecule has 0 saturated carbocycles. The van der Waals surface area contributed by atoms with E-state index >= 15 is 0 Å². The Hall–Kier alpha value is -2.18. The first-order chi connectivity index (χ1) is 10.1. The van der Waals surface area contributed by atoms with E-state index in [9.17, 15) is 9.59 Å². The summed E-state index contributed by atoms with van der Waals surface area (Å²) in [6, 6.07) is 10.8. The number of hydrogen-bond donors (Lipinski definition) is 2. The molecule has 1 aromatic carbocycles. The lowest BCUT2D eigenvalue weighted by atomic mass is 10.2. The fourth-order valence-corrected chi connectivity index (χ4v) is 1.92. The molecule has 1 heterocycles. The van der Waals surface area contributed by atoms with E-state index in [1.165, 1.54) is 6.07 Å². The zero-order chi connectivity index (χ0) is 15.2. The minimum absolute atomic E-state index is 0. The average Bonchev–Trinajstić information content (AvgIpc) is 2.48. The molecule has 0 saturated heterocycles. The number of para-hydroxylation sites is 1. The number of carbonyl (C=O) groups excluding carboxylic acids is 1. The van der Waals surface area contributed by atoms with Gasteiger partial charge in [-0.2, -0.15) is 5.10 Å². The second-order valence-corrected chi connectivity index (χ2v) is 4.61. The molecule has 1 amide bonds. The molecule has 2 aromatic rings. The zero-order valence-corrected chi connectivity index (χ0v) is 13.3. The molecular weight excluding hydrogens is 304 g/mol. The van der Waals surface area contributed by atoms with Gasteiger partial charge in [-0.3, -0.25) is 9.59 Å². The number of aromatic nitrogens is 2. The molecule has 2 N–H and O–H groups in total. The van der Waals surface area contributed by atoms with Gasteiger partial charge in [0, 0.05) is 24.8 Å². The van der Waals surface area contributed by atoms with Crippen LogP contribution in [0.25, 0.3) is 5.69 Å². The predicted octanol–water partition coefficient (Wildman–Crippen LogP) is 0.912. The largest absolute Gasteiger partial charge is 0.349 e. The smallest absolute Gasteiger partial charge is 0.275 e. The maximum atomic E-state index is 12.0. The molecule has 0 spiro atoms. The molecular formula is C15H19ClN4O2. The average molecular weight is 323 g/mol. The van der Waals surface area contributed by atoms with Crippen LogP contribution in [0.2, 0.25) is 0 Å². The van der Waals surface area contributed by atoms with E-state index in [2.05, 4.69) is 15.7 Å². The highest BCUT2D eigenvalue weighted by atomic mass is 35.5. The summed E-state index contributed by atoms with van der Waals surface area (Å²) in [5, 5.41) is 9.77. The molecule has 6 nitrogen and oxygen atoms in total. The van der Waals surface area contributed by atoms with Crippen LogP contribution in [0.3, 0.4) is 0 Å². The first-order valence-electron chi connectivity index (χ1n) is 6.72. The summed E-state index contributed by atoms with van der Waals surface area (Å²) >= 11 is 0. The number of likely N-dealkylation sites (N-methyl/N-ethyl adjacent to an activating group) is 1. The minimum atomic E-state index is -0.458. The maximum absolute atomic E-state index is 12.0. The van der Waals surface area contributed by atoms with Gasteiger partial charge >= 0.3 is 0 Å². The van der Waals surface area contributed by atoms with Crippen LogP contribution >= 0.6 is 12.4 Å². The summed E-state index contributed by atoms with van der Waals surface area (Å²) in [4.78, 5) is 24.0. The third kappa shape index (κ3) is 4.16. The van der Waals surface area contributed by atoms with E-state index in [1.54, 1.807) is 18.7 Å². The van der Waals surface area contributed by atoms with Gasteiger partial charge in [-0.25, -0.2) is 4.68 Å². The second-order valence-electron chi connectivity index (χ2n) is 4.61. The van der Waals surface area contributed by atoms with E-state index in [-0.39, 0.29) is 23.5 Å². The van der Waals surface area contributed by atoms with Gasteiger partial charge < -0.3 is 10.6 Å². The first-order valence-corrected chi connectivity index (χ1v) is 6.72. The Kier molecular flexibility index (Phi) is 6.75. The van der Waals surface area contributed by atoms with Crippen molar-refractivity contribution in [3.8, 4) is 5.69 Å². The number of carbonyl (C=O) groups is 1. The molecule has 1 aromatic heterocycles. The Morgan fingerprint density at radius 1 is 1.23 bits per heavy atom. The van der Waals surface area contributed by atoms with Crippen molar-refractivity contribution in [2.24, 2.45) is 0 Å². The van der Waals surface area contributed by atoms with E-state index in [4.69, 9.17) is 0 Å². The van der Waals surface area contributed by atoms with Crippen LogP contribution in [-0.2, 0) is 0 Å². The van der Waals surface area contributed by atoms with Crippen LogP contribution in [0.5, 0.6) is 0 Å². The molecule has 0 aliphatic heterocycles. The summed E-state index contributed by atoms with van der Waals surface area (Å²) in [5.74, 6) is -0.458. The summed E-state index contributed by atoms with van der Waals surface area (Å²) in [5.41, 5.74) is 1.01. The number of benzene rings is 1. The molecule has 0 bridgehead atoms. The van der Waals surface area contributed by atoms with Crippen LogP contribution in [0.15, 0.2) is 41.2 Å². The molecule has 22 heavy (non-hydrogen) atoms. The van der Waals surface area contributed by atoms with E-state index in [0.29, 0.717) is 18.8 Å². The van der Waals surface area contributed by atoms with E-state index in [0.717, 1.165) is 5.69 Å². The third-order valence-corrected chi connectivity index (χ3v) is 2.98. The predicted molar refractivity (Wildman–Crippen MR) is 88.1 cm³/mol. The summed E-state index contributed by atoms with van der Waals surface area (Å²) in [6.45, 7) is 2.85. The molecule has 0 unspecified atom stereocenters. The van der Waals surface area contributed by atoms with Crippen LogP contribution in [0.1, 0.15) is 16.2 Å². The molecule has 118 valence electrons. The second kappa shape index (κ2) is 8.31. The number of rotatable bonds is 5. The van der Waals surface area contributed by atoms with Gasteiger partial charge in [0.15, 0.2) is 5.69 Å². The first kappa shape index (κ1) is 17.9. The van der Waals surface area contributed by atoms with E-state index in [1.807, 2.05) is 30.3 Å². The Morgan fingerprint density at radius 2 is 1.91 bits per heavy atom. The van der Waals surface area contributed by atoms with Crippen molar-refractivity contribution in [3.63, 3.8) is 0 Å². The van der Waals surface area contributed by atoms with Crippen molar-refractivity contribution in [2.45, 2.75) is 6.92 Å². The van der Waals surface area contributed by atoms with Gasteiger partial charge in [0.2, 0.25) is 5.43 Å². The number of hydrogen-bond acceptors (Lipinski definition) is 4. The van der Waals surface area contributed by atoms with Crippen LogP contribution in [-0.4, -0.2) is 35.8 Å². The Bertz CT molecular complexity index is 686. The molecule has 0 radical (unpaired) electrons. The fraction of sp³-hybridized carbons (Fsp3) is 0.267. The normalized spacial score (nSPS) is 9.91. The lowest BCUT2D eigenvalue weighted by molar-refractivity contribution is 0.0946. The van der Waals surface area contributed by atoms with Crippen molar-refractivity contribution in [1.82, 2.24) is 20.4 Å². The number of halogens is 1. The zero-order valence-electron chi connectivity index (χ0n) is 12.5. The fourth-order valence-electron chi connectivity index (χ4n) is 1.92. The van der Waals surface area contributed by atoms with Gasteiger partial charge in [0.05, 0.1) is 5.69 Å². The topological polar surface area (TPSA) is 76.0 Å². The number of nitrogens with one attached hydrogen (secondary N) is 2. The molecule has 0 aliphatic rings. The highest BCUT2D eigenvalue weighted by Gasteiger charge is 2.14. The lowest BCUT2D eigenvalue weighted by Crippen LogP contribution is -2.35. The monoisotopic (exact) mass is 322 g/mol. The Morgan fingerprint density at radius 3 is 2.55 bits per heavy atom. The number of nitrogens with zero attached hydrogens (tertiary/aromatic N) is 2. The highest BCUT2D eigenvalue weighted by Crippen LogP contribution is 2.07. The van der Waals surface area contributed by atoms with Crippen molar-refractivity contribution in [2.75, 3.05) is 20.1 Å². The van der Waals surface area contributed by atoms with Crippen LogP contribution < -0.4 is 16.1 Å². The minimum Gasteiger partial charge on any atom is -0.349 e. The third-order valence-electron chi connectivity index (χ3n) is 2.98. The van der Waals surface area contributed by atoms with Gasteiger partial charge in [-0.05, 0) is 26.1 Å². The quantitative estimate of drug-likeness (QED) is 0.802. The van der Waals surface area contributed by atoms with E-state index < -0.39 is 5.91 Å². The van der Waals surface area contributed by atoms with Gasteiger partial charge in [-0.1, -0.05) is 18.2 Å². The highest BCUT2D eigenvalue weighted by molar-refractivity contribution is 5.92. The molecule has 0 aliphatic carbocycles. The van der Waals surface area contributed by atoms with Gasteiger partial charge in [-0.15, -0.1) is 12.4 Å². The SMILES string of the molecule is CNCCNC(=O)c1nn(-c2ccccc2)c(C)cc1=O.Cl. The van der Waals surface area contributed by atoms with Gasteiger partial charge in [0.1, 0.15) is 0 Å². The van der Waals surface area contributed by atoms with Crippen LogP contribution in [0, 0.1) is 6.92 Å². The Labute approximate surface area is 135 Å². The maximum Gasteiger partial charge on any atom is 0.275 e. The standard InChI is InChI=1S/C15H18N4O2.ClH/c1-11-10-13(20)14(15(21)17-9-8-16-2)18-19(11)12-6-4-3-5-7-12;/h3-7,10,16H,8-9H2,1-2H3,(H,17,21);1H. The molecule has 2 rings (SSSR count). The number of amides is 1. The molecule has 0 fully saturated rings. The van der Waals surface area contributed by atoms with Crippen molar-refractivity contribution >= 4 is 18.3 Å². The molecule has 7 heteroatoms. The number of aryl methyl sites for hydroxylation is 1. The summed E-state index contributed by atoms with van der Waals surface area (Å²) in [7, 11) is 1.79. The van der Waals surface area contributed by atoms with Crippen LogP contribution in [0.4, 0.5) is 0 Å². The van der Waals surface area contributed by atoms with Crippen molar-refractivity contribution < 1.29 is 4.79 Å². The van der Waals surface area contributed by atoms with Crippen molar-refractivity contribution in [1.29, 1.82) is 0 Å².